The molecule has 3 heteroatoms. The zero-order chi connectivity index (χ0) is 8.27. The van der Waals surface area contributed by atoms with Crippen LogP contribution in [0, 0.1) is 0 Å². The minimum atomic E-state index is -0.00685. The fourth-order valence-electron chi connectivity index (χ4n) is 0.980. The molecule has 0 fully saturated rings. The molecule has 0 radical (unpaired) electrons. The van der Waals surface area contributed by atoms with Gasteiger partial charge in [0.1, 0.15) is 0 Å². The van der Waals surface area contributed by atoms with E-state index in [0.717, 1.165) is 11.1 Å². The van der Waals surface area contributed by atoms with E-state index in [2.05, 4.69) is 0 Å². The van der Waals surface area contributed by atoms with Gasteiger partial charge in [0.15, 0.2) is 0 Å². The molecule has 3 N–H and O–H groups in total. The molecule has 0 saturated carbocycles. The predicted molar refractivity (Wildman–Crippen MR) is 45.3 cm³/mol. The van der Waals surface area contributed by atoms with Gasteiger partial charge in [-0.15, -0.1) is 0 Å². The zero-order valence-electron chi connectivity index (χ0n) is 6.05. The topological polar surface area (TPSA) is 46.2 Å². The summed E-state index contributed by atoms with van der Waals surface area (Å²) in [5.74, 6) is 0. The molecular weight excluding hydrogens is 162 g/mol. The summed E-state index contributed by atoms with van der Waals surface area (Å²) in [6.45, 7) is 0.364. The molecule has 0 aliphatic carbocycles. The van der Waals surface area contributed by atoms with Crippen molar-refractivity contribution in [3.8, 4) is 0 Å². The first kappa shape index (κ1) is 8.53. The molecule has 1 rings (SSSR count). The highest BCUT2D eigenvalue weighted by Gasteiger charge is 2.02. The van der Waals surface area contributed by atoms with E-state index in [4.69, 9.17) is 22.4 Å². The van der Waals surface area contributed by atoms with Crippen LogP contribution < -0.4 is 5.73 Å². The Morgan fingerprint density at radius 1 is 1.45 bits per heavy atom. The highest BCUT2D eigenvalue weighted by molar-refractivity contribution is 6.31. The van der Waals surface area contributed by atoms with Gasteiger partial charge in [0.25, 0.3) is 0 Å². The molecule has 0 unspecified atom stereocenters. The lowest BCUT2D eigenvalue weighted by molar-refractivity contribution is 0.280. The largest absolute Gasteiger partial charge is 0.392 e. The number of benzene rings is 1. The monoisotopic (exact) mass is 171 g/mol. The molecule has 0 bridgehead atoms. The minimum absolute atomic E-state index is 0.00685. The van der Waals surface area contributed by atoms with E-state index in [1.807, 2.05) is 6.07 Å². The smallest absolute Gasteiger partial charge is 0.0685 e. The summed E-state index contributed by atoms with van der Waals surface area (Å²) in [6, 6.07) is 5.38. The van der Waals surface area contributed by atoms with E-state index < -0.39 is 0 Å². The Balaban J connectivity index is 3.13. The first-order chi connectivity index (χ1) is 5.29. The van der Waals surface area contributed by atoms with Crippen LogP contribution in [0.25, 0.3) is 0 Å². The first-order valence-electron chi connectivity index (χ1n) is 3.36. The van der Waals surface area contributed by atoms with Crippen LogP contribution in [0.4, 0.5) is 0 Å². The third kappa shape index (κ3) is 1.71. The standard InChI is InChI=1S/C8H10ClNO/c9-8-3-1-2-6(5-11)7(8)4-10/h1-3,11H,4-5,10H2. The molecule has 0 aliphatic heterocycles. The maximum Gasteiger partial charge on any atom is 0.0685 e. The van der Waals surface area contributed by atoms with Gasteiger partial charge in [-0.25, -0.2) is 0 Å². The Labute approximate surface area is 70.6 Å². The Bertz CT molecular complexity index is 250. The summed E-state index contributed by atoms with van der Waals surface area (Å²) in [4.78, 5) is 0. The quantitative estimate of drug-likeness (QED) is 0.705. The lowest BCUT2D eigenvalue weighted by atomic mass is 10.1. The third-order valence-electron chi connectivity index (χ3n) is 1.59. The number of rotatable bonds is 2. The highest BCUT2D eigenvalue weighted by Crippen LogP contribution is 2.18. The summed E-state index contributed by atoms with van der Waals surface area (Å²) >= 11 is 5.82. The Kier molecular flexibility index (Phi) is 2.88. The summed E-state index contributed by atoms with van der Waals surface area (Å²) < 4.78 is 0. The number of hydrogen-bond donors (Lipinski definition) is 2. The molecule has 0 spiro atoms. The molecular formula is C8H10ClNO. The molecule has 1 aromatic rings. The van der Waals surface area contributed by atoms with Crippen LogP contribution in [0.1, 0.15) is 11.1 Å². The van der Waals surface area contributed by atoms with Gasteiger partial charge >= 0.3 is 0 Å². The van der Waals surface area contributed by atoms with Crippen LogP contribution in [-0.4, -0.2) is 5.11 Å². The summed E-state index contributed by atoms with van der Waals surface area (Å²) in [6.07, 6.45) is 0. The molecule has 0 amide bonds. The summed E-state index contributed by atoms with van der Waals surface area (Å²) in [7, 11) is 0. The van der Waals surface area contributed by atoms with Gasteiger partial charge < -0.3 is 10.8 Å². The molecule has 1 aromatic carbocycles. The van der Waals surface area contributed by atoms with Gasteiger partial charge in [0.2, 0.25) is 0 Å². The average Bonchev–Trinajstić information content (AvgIpc) is 2.04. The number of aliphatic hydroxyl groups is 1. The SMILES string of the molecule is NCc1c(Cl)cccc1CO. The average molecular weight is 172 g/mol. The van der Waals surface area contributed by atoms with Gasteiger partial charge in [-0.05, 0) is 17.2 Å². The Hall–Kier alpha value is -0.570. The fraction of sp³-hybridized carbons (Fsp3) is 0.250. The van der Waals surface area contributed by atoms with Gasteiger partial charge in [0.05, 0.1) is 6.61 Å². The van der Waals surface area contributed by atoms with Crippen LogP contribution in [-0.2, 0) is 13.2 Å². The Morgan fingerprint density at radius 2 is 2.18 bits per heavy atom. The maximum absolute atomic E-state index is 8.86. The van der Waals surface area contributed by atoms with Crippen molar-refractivity contribution in [2.45, 2.75) is 13.2 Å². The van der Waals surface area contributed by atoms with Crippen LogP contribution in [0.2, 0.25) is 5.02 Å². The second kappa shape index (κ2) is 3.72. The lowest BCUT2D eigenvalue weighted by Crippen LogP contribution is -2.02. The molecule has 11 heavy (non-hydrogen) atoms. The number of halogens is 1. The molecule has 2 nitrogen and oxygen atoms in total. The van der Waals surface area contributed by atoms with E-state index >= 15 is 0 Å². The first-order valence-corrected chi connectivity index (χ1v) is 3.74. The van der Waals surface area contributed by atoms with Gasteiger partial charge in [-0.2, -0.15) is 0 Å². The van der Waals surface area contributed by atoms with Crippen molar-refractivity contribution in [2.24, 2.45) is 5.73 Å². The van der Waals surface area contributed by atoms with Gasteiger partial charge in [-0.3, -0.25) is 0 Å². The maximum atomic E-state index is 8.86. The second-order valence-corrected chi connectivity index (χ2v) is 2.65. The van der Waals surface area contributed by atoms with E-state index in [9.17, 15) is 0 Å². The van der Waals surface area contributed by atoms with E-state index in [0.29, 0.717) is 11.6 Å². The van der Waals surface area contributed by atoms with Crippen LogP contribution in [0.3, 0.4) is 0 Å². The van der Waals surface area contributed by atoms with Gasteiger partial charge in [0, 0.05) is 11.6 Å². The lowest BCUT2D eigenvalue weighted by Gasteiger charge is -2.05. The summed E-state index contributed by atoms with van der Waals surface area (Å²) in [5.41, 5.74) is 7.07. The van der Waals surface area contributed by atoms with Crippen LogP contribution in [0.15, 0.2) is 18.2 Å². The summed E-state index contributed by atoms with van der Waals surface area (Å²) in [5, 5.41) is 9.48. The van der Waals surface area contributed by atoms with Crippen molar-refractivity contribution in [1.82, 2.24) is 0 Å². The molecule has 0 heterocycles. The van der Waals surface area contributed by atoms with Crippen molar-refractivity contribution in [3.05, 3.63) is 34.3 Å². The molecule has 0 aliphatic rings. The predicted octanol–water partition coefficient (Wildman–Crippen LogP) is 1.29. The molecule has 0 saturated heterocycles. The highest BCUT2D eigenvalue weighted by atomic mass is 35.5. The number of aliphatic hydroxyl groups excluding tert-OH is 1. The van der Waals surface area contributed by atoms with Crippen LogP contribution >= 0.6 is 11.6 Å². The second-order valence-electron chi connectivity index (χ2n) is 2.24. The van der Waals surface area contributed by atoms with Crippen molar-refractivity contribution in [1.29, 1.82) is 0 Å². The number of hydrogen-bond acceptors (Lipinski definition) is 2. The number of nitrogens with two attached hydrogens (primary N) is 1. The zero-order valence-corrected chi connectivity index (χ0v) is 6.80. The minimum Gasteiger partial charge on any atom is -0.392 e. The molecule has 60 valence electrons. The molecule has 0 atom stereocenters. The third-order valence-corrected chi connectivity index (χ3v) is 1.94. The van der Waals surface area contributed by atoms with Crippen LogP contribution in [0.5, 0.6) is 0 Å². The van der Waals surface area contributed by atoms with E-state index in [1.54, 1.807) is 12.1 Å². The van der Waals surface area contributed by atoms with E-state index in [-0.39, 0.29) is 6.61 Å². The van der Waals surface area contributed by atoms with Crippen molar-refractivity contribution >= 4 is 11.6 Å². The van der Waals surface area contributed by atoms with Crippen molar-refractivity contribution in [3.63, 3.8) is 0 Å². The van der Waals surface area contributed by atoms with Gasteiger partial charge in [-0.1, -0.05) is 23.7 Å². The van der Waals surface area contributed by atoms with E-state index in [1.165, 1.54) is 0 Å². The Morgan fingerprint density at radius 3 is 2.64 bits per heavy atom. The normalized spacial score (nSPS) is 10.1. The van der Waals surface area contributed by atoms with Crippen molar-refractivity contribution < 1.29 is 5.11 Å². The fourth-order valence-corrected chi connectivity index (χ4v) is 1.25. The molecule has 0 aromatic heterocycles. The van der Waals surface area contributed by atoms with Crippen molar-refractivity contribution in [2.75, 3.05) is 0 Å².